The molecule has 2 N–H and O–H groups in total. The van der Waals surface area contributed by atoms with E-state index < -0.39 is 0 Å². The highest BCUT2D eigenvalue weighted by atomic mass is 32.1. The summed E-state index contributed by atoms with van der Waals surface area (Å²) in [6, 6.07) is 14.7. The highest BCUT2D eigenvalue weighted by Gasteiger charge is 2.29. The molecule has 1 saturated carbocycles. The van der Waals surface area contributed by atoms with Crippen molar-refractivity contribution in [2.24, 2.45) is 5.92 Å². The number of aryl methyl sites for hydroxylation is 1. The highest BCUT2D eigenvalue weighted by Crippen LogP contribution is 2.33. The molecule has 2 aromatic heterocycles. The number of likely N-dealkylation sites (N-methyl/N-ethyl adjacent to an activating group) is 1. The number of hydrogen-bond acceptors (Lipinski definition) is 7. The zero-order chi connectivity index (χ0) is 26.8. The Morgan fingerprint density at radius 2 is 1.74 bits per heavy atom. The molecule has 1 aliphatic carbocycles. The van der Waals surface area contributed by atoms with Gasteiger partial charge in [-0.1, -0.05) is 25.1 Å². The first-order valence-electron chi connectivity index (χ1n) is 13.7. The van der Waals surface area contributed by atoms with Crippen LogP contribution in [0.4, 0.5) is 22.9 Å². The third kappa shape index (κ3) is 5.82. The van der Waals surface area contributed by atoms with E-state index in [0.29, 0.717) is 0 Å². The van der Waals surface area contributed by atoms with E-state index in [-0.39, 0.29) is 11.8 Å². The molecule has 2 aromatic carbocycles. The van der Waals surface area contributed by atoms with Gasteiger partial charge in [0, 0.05) is 60.1 Å². The van der Waals surface area contributed by atoms with E-state index in [1.807, 2.05) is 12.1 Å². The summed E-state index contributed by atoms with van der Waals surface area (Å²) in [5.41, 5.74) is 7.32. The Labute approximate surface area is 233 Å². The molecule has 2 aliphatic rings. The first-order chi connectivity index (χ1) is 19.1. The Balaban J connectivity index is 1.16. The topological polar surface area (TPSA) is 73.4 Å². The molecule has 7 nitrogen and oxygen atoms in total. The van der Waals surface area contributed by atoms with Crippen molar-refractivity contribution in [1.29, 1.82) is 0 Å². The van der Waals surface area contributed by atoms with Crippen LogP contribution < -0.4 is 15.5 Å². The second-order valence-corrected chi connectivity index (χ2v) is 11.2. The van der Waals surface area contributed by atoms with E-state index in [1.165, 1.54) is 5.69 Å². The first kappa shape index (κ1) is 25.5. The van der Waals surface area contributed by atoms with Crippen molar-refractivity contribution in [3.63, 3.8) is 0 Å². The van der Waals surface area contributed by atoms with Crippen molar-refractivity contribution >= 4 is 62.5 Å². The minimum Gasteiger partial charge on any atom is -0.369 e. The van der Waals surface area contributed by atoms with Crippen LogP contribution in [0, 0.1) is 12.8 Å². The van der Waals surface area contributed by atoms with Crippen molar-refractivity contribution in [1.82, 2.24) is 14.9 Å². The van der Waals surface area contributed by atoms with Crippen molar-refractivity contribution in [3.05, 3.63) is 70.9 Å². The standard InChI is InChI=1S/C31H34N6OS/c1-3-36-14-16-37(17-15-36)27-12-10-25(11-13-27)34-30-29-28(32-20-33-30)24(19-39-29)8-7-23-18-26(9-4-21(23)2)35-31(38)22-5-6-22/h4,7-13,18-20,22H,3,5-6,14-17H2,1-2H3,(H,35,38)(H,32,33,34)/b8-7+. The molecular weight excluding hydrogens is 504 g/mol. The molecular formula is C31H34N6OS. The Kier molecular flexibility index (Phi) is 7.30. The number of nitrogens with one attached hydrogen (secondary N) is 2. The van der Waals surface area contributed by atoms with Gasteiger partial charge in [0.15, 0.2) is 5.82 Å². The molecule has 1 aliphatic heterocycles. The number of benzene rings is 2. The average Bonchev–Trinajstić information content (AvgIpc) is 3.74. The summed E-state index contributed by atoms with van der Waals surface area (Å²) in [6.07, 6.45) is 7.80. The number of aromatic nitrogens is 2. The van der Waals surface area contributed by atoms with E-state index in [0.717, 1.165) is 89.7 Å². The van der Waals surface area contributed by atoms with Gasteiger partial charge in [-0.2, -0.15) is 0 Å². The molecule has 3 heterocycles. The Morgan fingerprint density at radius 1 is 1.00 bits per heavy atom. The van der Waals surface area contributed by atoms with Crippen LogP contribution in [0.5, 0.6) is 0 Å². The molecule has 0 radical (unpaired) electrons. The van der Waals surface area contributed by atoms with Gasteiger partial charge < -0.3 is 20.4 Å². The molecule has 200 valence electrons. The molecule has 39 heavy (non-hydrogen) atoms. The molecule has 1 amide bonds. The third-order valence-corrected chi connectivity index (χ3v) is 8.63. The summed E-state index contributed by atoms with van der Waals surface area (Å²) >= 11 is 1.64. The van der Waals surface area contributed by atoms with Crippen LogP contribution >= 0.6 is 11.3 Å². The van der Waals surface area contributed by atoms with Gasteiger partial charge in [0.25, 0.3) is 0 Å². The fourth-order valence-electron chi connectivity index (χ4n) is 4.96. The lowest BCUT2D eigenvalue weighted by atomic mass is 10.1. The van der Waals surface area contributed by atoms with Gasteiger partial charge in [-0.05, 0) is 73.8 Å². The minimum atomic E-state index is 0.124. The lowest BCUT2D eigenvalue weighted by molar-refractivity contribution is -0.117. The van der Waals surface area contributed by atoms with Crippen molar-refractivity contribution in [3.8, 4) is 0 Å². The zero-order valence-corrected chi connectivity index (χ0v) is 23.3. The maximum atomic E-state index is 12.2. The smallest absolute Gasteiger partial charge is 0.227 e. The first-order valence-corrected chi connectivity index (χ1v) is 14.6. The molecule has 8 heteroatoms. The van der Waals surface area contributed by atoms with Crippen molar-refractivity contribution in [2.45, 2.75) is 26.7 Å². The van der Waals surface area contributed by atoms with Gasteiger partial charge in [-0.3, -0.25) is 4.79 Å². The van der Waals surface area contributed by atoms with Gasteiger partial charge in [-0.15, -0.1) is 11.3 Å². The Hall–Kier alpha value is -3.75. The fraction of sp³-hybridized carbons (Fsp3) is 0.323. The number of carbonyl (C=O) groups is 1. The molecule has 0 atom stereocenters. The number of thiophene rings is 1. The maximum absolute atomic E-state index is 12.2. The predicted molar refractivity (Wildman–Crippen MR) is 163 cm³/mol. The summed E-state index contributed by atoms with van der Waals surface area (Å²) in [5, 5.41) is 8.66. The van der Waals surface area contributed by atoms with Gasteiger partial charge >= 0.3 is 0 Å². The third-order valence-electron chi connectivity index (χ3n) is 7.63. The largest absolute Gasteiger partial charge is 0.369 e. The maximum Gasteiger partial charge on any atom is 0.227 e. The summed E-state index contributed by atoms with van der Waals surface area (Å²) in [7, 11) is 0. The number of carbonyl (C=O) groups excluding carboxylic acids is 1. The van der Waals surface area contributed by atoms with E-state index in [1.54, 1.807) is 17.7 Å². The highest BCUT2D eigenvalue weighted by molar-refractivity contribution is 7.18. The van der Waals surface area contributed by atoms with E-state index >= 15 is 0 Å². The van der Waals surface area contributed by atoms with Gasteiger partial charge in [-0.25, -0.2) is 9.97 Å². The zero-order valence-electron chi connectivity index (χ0n) is 22.5. The van der Waals surface area contributed by atoms with Crippen LogP contribution in [0.3, 0.4) is 0 Å². The lowest BCUT2D eigenvalue weighted by Gasteiger charge is -2.35. The van der Waals surface area contributed by atoms with Crippen LogP contribution in [-0.2, 0) is 4.79 Å². The predicted octanol–water partition coefficient (Wildman–Crippen LogP) is 6.40. The lowest BCUT2D eigenvalue weighted by Crippen LogP contribution is -2.46. The molecule has 0 bridgehead atoms. The van der Waals surface area contributed by atoms with Crippen LogP contribution in [0.25, 0.3) is 22.4 Å². The van der Waals surface area contributed by atoms with Gasteiger partial charge in [0.05, 0.1) is 10.2 Å². The van der Waals surface area contributed by atoms with Crippen LogP contribution in [-0.4, -0.2) is 53.5 Å². The number of hydrogen-bond donors (Lipinski definition) is 2. The molecule has 1 saturated heterocycles. The van der Waals surface area contributed by atoms with Gasteiger partial charge in [0.1, 0.15) is 6.33 Å². The Bertz CT molecular complexity index is 1500. The molecule has 2 fully saturated rings. The summed E-state index contributed by atoms with van der Waals surface area (Å²) in [5.74, 6) is 1.12. The summed E-state index contributed by atoms with van der Waals surface area (Å²) in [4.78, 5) is 26.3. The molecule has 0 spiro atoms. The SMILES string of the molecule is CCN1CCN(c2ccc(Nc3ncnc4c(/C=C/c5cc(NC(=O)C6CC6)ccc5C)csc34)cc2)CC1. The van der Waals surface area contributed by atoms with Crippen LogP contribution in [0.1, 0.15) is 36.5 Å². The summed E-state index contributed by atoms with van der Waals surface area (Å²) < 4.78 is 1.03. The monoisotopic (exact) mass is 538 g/mol. The number of anilines is 4. The van der Waals surface area contributed by atoms with E-state index in [9.17, 15) is 4.79 Å². The molecule has 4 aromatic rings. The minimum absolute atomic E-state index is 0.124. The number of fused-ring (bicyclic) bond motifs is 1. The normalized spacial score (nSPS) is 16.2. The number of piperazine rings is 1. The average molecular weight is 539 g/mol. The number of nitrogens with zero attached hydrogens (tertiary/aromatic N) is 4. The van der Waals surface area contributed by atoms with E-state index in [2.05, 4.69) is 92.1 Å². The Morgan fingerprint density at radius 3 is 2.49 bits per heavy atom. The quantitative estimate of drug-likeness (QED) is 0.270. The number of amides is 1. The van der Waals surface area contributed by atoms with Crippen molar-refractivity contribution < 1.29 is 4.79 Å². The van der Waals surface area contributed by atoms with Crippen LogP contribution in [0.2, 0.25) is 0 Å². The number of rotatable bonds is 8. The van der Waals surface area contributed by atoms with Gasteiger partial charge in [0.2, 0.25) is 5.91 Å². The second kappa shape index (κ2) is 11.2. The van der Waals surface area contributed by atoms with Crippen molar-refractivity contribution in [2.75, 3.05) is 48.3 Å². The molecule has 6 rings (SSSR count). The fourth-order valence-corrected chi connectivity index (χ4v) is 5.89. The summed E-state index contributed by atoms with van der Waals surface area (Å²) in [6.45, 7) is 9.80. The van der Waals surface area contributed by atoms with Crippen LogP contribution in [0.15, 0.2) is 54.2 Å². The van der Waals surface area contributed by atoms with E-state index in [4.69, 9.17) is 0 Å². The second-order valence-electron chi connectivity index (χ2n) is 10.4. The molecule has 0 unspecified atom stereocenters.